The number of benzene rings is 1. The van der Waals surface area contributed by atoms with Gasteiger partial charge in [0.1, 0.15) is 23.1 Å². The Kier molecular flexibility index (Phi) is 4.66. The van der Waals surface area contributed by atoms with Gasteiger partial charge in [-0.05, 0) is 39.0 Å². The first kappa shape index (κ1) is 15.1. The second kappa shape index (κ2) is 6.47. The van der Waals surface area contributed by atoms with Crippen LogP contribution in [0.2, 0.25) is 5.02 Å². The summed E-state index contributed by atoms with van der Waals surface area (Å²) in [7, 11) is 0. The topological polar surface area (TPSA) is 58.5 Å². The van der Waals surface area contributed by atoms with Crippen molar-refractivity contribution in [1.82, 2.24) is 0 Å². The van der Waals surface area contributed by atoms with Gasteiger partial charge in [0, 0.05) is 22.4 Å². The van der Waals surface area contributed by atoms with E-state index in [4.69, 9.17) is 26.0 Å². The fourth-order valence-corrected chi connectivity index (χ4v) is 2.05. The number of furan rings is 1. The van der Waals surface area contributed by atoms with Crippen LogP contribution in [0.25, 0.3) is 0 Å². The van der Waals surface area contributed by atoms with Crippen molar-refractivity contribution in [2.45, 2.75) is 20.8 Å². The minimum atomic E-state index is 0.301. The molecule has 0 amide bonds. The summed E-state index contributed by atoms with van der Waals surface area (Å²) in [6.45, 7) is 6.09. The summed E-state index contributed by atoms with van der Waals surface area (Å²) in [6.07, 6.45) is 1.59. The zero-order valence-electron chi connectivity index (χ0n) is 12.1. The molecule has 0 radical (unpaired) electrons. The van der Waals surface area contributed by atoms with E-state index in [0.29, 0.717) is 34.6 Å². The first-order valence-electron chi connectivity index (χ1n) is 6.53. The van der Waals surface area contributed by atoms with Crippen LogP contribution in [-0.4, -0.2) is 12.8 Å². The molecule has 0 unspecified atom stereocenters. The third kappa shape index (κ3) is 3.26. The van der Waals surface area contributed by atoms with Crippen molar-refractivity contribution in [3.63, 3.8) is 0 Å². The molecule has 108 valence electrons. The van der Waals surface area contributed by atoms with Crippen LogP contribution in [0, 0.1) is 25.2 Å². The Morgan fingerprint density at radius 1 is 1.43 bits per heavy atom. The molecule has 0 aliphatic carbocycles. The van der Waals surface area contributed by atoms with Gasteiger partial charge >= 0.3 is 0 Å². The minimum absolute atomic E-state index is 0.301. The van der Waals surface area contributed by atoms with Crippen molar-refractivity contribution in [3.8, 4) is 11.8 Å². The van der Waals surface area contributed by atoms with Gasteiger partial charge in [0.05, 0.1) is 6.61 Å². The third-order valence-electron chi connectivity index (χ3n) is 3.07. The number of aryl methyl sites for hydroxylation is 1. The van der Waals surface area contributed by atoms with Gasteiger partial charge in [-0.3, -0.25) is 0 Å². The van der Waals surface area contributed by atoms with Crippen LogP contribution < -0.4 is 4.74 Å². The first-order valence-corrected chi connectivity index (χ1v) is 6.91. The smallest absolute Gasteiger partial charge is 0.237 e. The van der Waals surface area contributed by atoms with Crippen LogP contribution in [-0.2, 0) is 0 Å². The highest BCUT2D eigenvalue weighted by Gasteiger charge is 2.13. The molecule has 0 aliphatic rings. The van der Waals surface area contributed by atoms with Crippen LogP contribution >= 0.6 is 11.6 Å². The molecule has 0 saturated carbocycles. The molecule has 1 heterocycles. The van der Waals surface area contributed by atoms with E-state index in [0.717, 1.165) is 11.1 Å². The fraction of sp³-hybridized carbons (Fsp3) is 0.250. The quantitative estimate of drug-likeness (QED) is 0.777. The first-order chi connectivity index (χ1) is 10.1. The molecule has 2 rings (SSSR count). The summed E-state index contributed by atoms with van der Waals surface area (Å²) in [5.74, 6) is 1.67. The van der Waals surface area contributed by atoms with Crippen LogP contribution in [0.15, 0.2) is 27.6 Å². The molecule has 0 N–H and O–H groups in total. The number of rotatable bonds is 4. The molecule has 0 bridgehead atoms. The standard InChI is InChI=1S/C16H15ClN2O2/c1-4-20-15-6-5-13(17)7-12(15)9-19-16-14(8-18)10(2)11(3)21-16/h5-7,9H,4H2,1-3H3. The van der Waals surface area contributed by atoms with Crippen LogP contribution in [0.1, 0.15) is 29.4 Å². The number of hydrogen-bond acceptors (Lipinski definition) is 4. The van der Waals surface area contributed by atoms with E-state index >= 15 is 0 Å². The Balaban J connectivity index is 2.40. The van der Waals surface area contributed by atoms with Crippen molar-refractivity contribution >= 4 is 23.7 Å². The number of nitrogens with zero attached hydrogens (tertiary/aromatic N) is 2. The molecular formula is C16H15ClN2O2. The summed E-state index contributed by atoms with van der Waals surface area (Å²) < 4.78 is 11.0. The van der Waals surface area contributed by atoms with Gasteiger partial charge in [0.15, 0.2) is 0 Å². The lowest BCUT2D eigenvalue weighted by molar-refractivity contribution is 0.340. The number of hydrogen-bond donors (Lipinski definition) is 0. The average Bonchev–Trinajstić information content (AvgIpc) is 2.74. The second-order valence-electron chi connectivity index (χ2n) is 4.45. The molecule has 1 aromatic heterocycles. The summed E-state index contributed by atoms with van der Waals surface area (Å²) in [6, 6.07) is 7.41. The summed E-state index contributed by atoms with van der Waals surface area (Å²) in [5, 5.41) is 9.75. The zero-order valence-corrected chi connectivity index (χ0v) is 12.9. The van der Waals surface area contributed by atoms with Crippen molar-refractivity contribution in [3.05, 3.63) is 45.7 Å². The lowest BCUT2D eigenvalue weighted by Crippen LogP contribution is -1.95. The molecule has 0 fully saturated rings. The summed E-state index contributed by atoms with van der Waals surface area (Å²) >= 11 is 5.99. The Morgan fingerprint density at radius 3 is 2.86 bits per heavy atom. The van der Waals surface area contributed by atoms with Gasteiger partial charge in [0.25, 0.3) is 0 Å². The zero-order chi connectivity index (χ0) is 15.4. The molecule has 0 atom stereocenters. The predicted molar refractivity (Wildman–Crippen MR) is 82.8 cm³/mol. The van der Waals surface area contributed by atoms with E-state index in [1.54, 1.807) is 31.3 Å². The summed E-state index contributed by atoms with van der Waals surface area (Å²) in [5.41, 5.74) is 1.99. The van der Waals surface area contributed by atoms with Gasteiger partial charge in [-0.2, -0.15) is 5.26 Å². The molecule has 0 spiro atoms. The second-order valence-corrected chi connectivity index (χ2v) is 4.88. The highest BCUT2D eigenvalue weighted by molar-refractivity contribution is 6.30. The normalized spacial score (nSPS) is 10.8. The van der Waals surface area contributed by atoms with Gasteiger partial charge in [0.2, 0.25) is 5.88 Å². The Morgan fingerprint density at radius 2 is 2.19 bits per heavy atom. The molecule has 21 heavy (non-hydrogen) atoms. The highest BCUT2D eigenvalue weighted by Crippen LogP contribution is 2.28. The molecule has 5 heteroatoms. The summed E-state index contributed by atoms with van der Waals surface area (Å²) in [4.78, 5) is 4.26. The number of halogens is 1. The van der Waals surface area contributed by atoms with E-state index < -0.39 is 0 Å². The molecule has 2 aromatic rings. The SMILES string of the molecule is CCOc1ccc(Cl)cc1C=Nc1oc(C)c(C)c1C#N. The van der Waals surface area contributed by atoms with Crippen molar-refractivity contribution in [2.24, 2.45) is 4.99 Å². The predicted octanol–water partition coefficient (Wildman–Crippen LogP) is 4.57. The van der Waals surface area contributed by atoms with Crippen molar-refractivity contribution < 1.29 is 9.15 Å². The maximum absolute atomic E-state index is 9.16. The fourth-order valence-electron chi connectivity index (χ4n) is 1.87. The van der Waals surface area contributed by atoms with Gasteiger partial charge in [-0.25, -0.2) is 4.99 Å². The number of ether oxygens (including phenoxy) is 1. The maximum Gasteiger partial charge on any atom is 0.237 e. The van der Waals surface area contributed by atoms with E-state index in [2.05, 4.69) is 11.1 Å². The Hall–Kier alpha value is -2.25. The van der Waals surface area contributed by atoms with Crippen LogP contribution in [0.5, 0.6) is 5.75 Å². The van der Waals surface area contributed by atoms with E-state index in [1.165, 1.54) is 0 Å². The molecule has 1 aromatic carbocycles. The van der Waals surface area contributed by atoms with Gasteiger partial charge < -0.3 is 9.15 Å². The van der Waals surface area contributed by atoms with Crippen LogP contribution in [0.4, 0.5) is 5.88 Å². The maximum atomic E-state index is 9.16. The van der Waals surface area contributed by atoms with Crippen molar-refractivity contribution in [1.29, 1.82) is 5.26 Å². The van der Waals surface area contributed by atoms with E-state index in [-0.39, 0.29) is 0 Å². The Labute approximate surface area is 128 Å². The van der Waals surface area contributed by atoms with Gasteiger partial charge in [-0.15, -0.1) is 0 Å². The van der Waals surface area contributed by atoms with Gasteiger partial charge in [-0.1, -0.05) is 11.6 Å². The molecular weight excluding hydrogens is 288 g/mol. The number of aliphatic imine (C=N–C) groups is 1. The van der Waals surface area contributed by atoms with E-state index in [1.807, 2.05) is 13.8 Å². The lowest BCUT2D eigenvalue weighted by atomic mass is 10.2. The number of nitriles is 1. The van der Waals surface area contributed by atoms with Crippen molar-refractivity contribution in [2.75, 3.05) is 6.61 Å². The molecule has 0 saturated heterocycles. The third-order valence-corrected chi connectivity index (χ3v) is 3.31. The average molecular weight is 303 g/mol. The lowest BCUT2D eigenvalue weighted by Gasteiger charge is -2.06. The monoisotopic (exact) mass is 302 g/mol. The van der Waals surface area contributed by atoms with Crippen LogP contribution in [0.3, 0.4) is 0 Å². The molecule has 0 aliphatic heterocycles. The molecule has 4 nitrogen and oxygen atoms in total. The largest absolute Gasteiger partial charge is 0.493 e. The highest BCUT2D eigenvalue weighted by atomic mass is 35.5. The van der Waals surface area contributed by atoms with E-state index in [9.17, 15) is 0 Å². The Bertz CT molecular complexity index is 727. The minimum Gasteiger partial charge on any atom is -0.493 e.